The molecule has 0 bridgehead atoms. The van der Waals surface area contributed by atoms with Crippen molar-refractivity contribution in [2.75, 3.05) is 13.2 Å². The Balaban J connectivity index is 2.02. The molecule has 0 saturated carbocycles. The van der Waals surface area contributed by atoms with Crippen molar-refractivity contribution in [1.29, 1.82) is 0 Å². The summed E-state index contributed by atoms with van der Waals surface area (Å²) < 4.78 is 12.9. The average Bonchev–Trinajstić information content (AvgIpc) is 3.09. The number of fused-ring (bicyclic) bond motifs is 1. The molecule has 0 aliphatic heterocycles. The maximum Gasteiger partial charge on any atom is 0.339 e. The quantitative estimate of drug-likeness (QED) is 0.142. The van der Waals surface area contributed by atoms with Gasteiger partial charge in [0.2, 0.25) is 0 Å². The lowest BCUT2D eigenvalue weighted by Gasteiger charge is -2.11. The minimum absolute atomic E-state index is 0.271. The highest BCUT2D eigenvalue weighted by Crippen LogP contribution is 2.40. The fourth-order valence-electron chi connectivity index (χ4n) is 3.70. The SMILES string of the molecule is CCCCCCCCOC(=O)c1cc2c(Br)sc(Br)c2cc1C(=O)OCCCCCCCC. The number of ether oxygens (including phenoxy) is 2. The van der Waals surface area contributed by atoms with Gasteiger partial charge in [-0.25, -0.2) is 9.59 Å². The zero-order valence-electron chi connectivity index (χ0n) is 19.9. The van der Waals surface area contributed by atoms with Crippen molar-refractivity contribution in [2.45, 2.75) is 90.9 Å². The number of hydrogen-bond acceptors (Lipinski definition) is 5. The Kier molecular flexibility index (Phi) is 13.6. The monoisotopic (exact) mass is 602 g/mol. The molecular formula is C26H36Br2O4S. The van der Waals surface area contributed by atoms with Crippen LogP contribution in [0.4, 0.5) is 0 Å². The molecule has 0 unspecified atom stereocenters. The molecule has 0 radical (unpaired) electrons. The Morgan fingerprint density at radius 2 is 1.03 bits per heavy atom. The van der Waals surface area contributed by atoms with Crippen molar-refractivity contribution in [3.8, 4) is 0 Å². The van der Waals surface area contributed by atoms with Gasteiger partial charge in [-0.2, -0.15) is 0 Å². The number of rotatable bonds is 16. The van der Waals surface area contributed by atoms with Crippen LogP contribution in [0.5, 0.6) is 0 Å². The summed E-state index contributed by atoms with van der Waals surface area (Å²) in [6, 6.07) is 3.48. The molecule has 184 valence electrons. The first-order valence-corrected chi connectivity index (χ1v) is 14.7. The van der Waals surface area contributed by atoms with Gasteiger partial charge in [-0.1, -0.05) is 78.1 Å². The summed E-state index contributed by atoms with van der Waals surface area (Å²) in [5.41, 5.74) is 0.542. The van der Waals surface area contributed by atoms with Gasteiger partial charge in [0.05, 0.1) is 31.9 Å². The number of benzene rings is 1. The van der Waals surface area contributed by atoms with Crippen LogP contribution in [-0.2, 0) is 9.47 Å². The van der Waals surface area contributed by atoms with Crippen LogP contribution in [0.2, 0.25) is 0 Å². The van der Waals surface area contributed by atoms with Crippen LogP contribution < -0.4 is 0 Å². The molecule has 1 heterocycles. The van der Waals surface area contributed by atoms with Crippen molar-refractivity contribution in [1.82, 2.24) is 0 Å². The van der Waals surface area contributed by atoms with Crippen molar-refractivity contribution in [2.24, 2.45) is 0 Å². The molecule has 0 spiro atoms. The number of carbonyl (C=O) groups is 2. The number of esters is 2. The molecule has 1 aromatic carbocycles. The summed E-state index contributed by atoms with van der Waals surface area (Å²) in [5, 5.41) is 1.76. The molecule has 2 rings (SSSR count). The van der Waals surface area contributed by atoms with Gasteiger partial charge in [-0.15, -0.1) is 11.3 Å². The molecule has 0 saturated heterocycles. The minimum Gasteiger partial charge on any atom is -0.462 e. The summed E-state index contributed by atoms with van der Waals surface area (Å²) in [6.45, 7) is 5.12. The summed E-state index contributed by atoms with van der Waals surface area (Å²) in [4.78, 5) is 25.8. The zero-order chi connectivity index (χ0) is 24.1. The summed E-state index contributed by atoms with van der Waals surface area (Å²) in [7, 11) is 0. The highest BCUT2D eigenvalue weighted by atomic mass is 79.9. The second-order valence-electron chi connectivity index (χ2n) is 8.40. The van der Waals surface area contributed by atoms with E-state index in [-0.39, 0.29) is 11.1 Å². The van der Waals surface area contributed by atoms with Gasteiger partial charge in [0.25, 0.3) is 0 Å². The van der Waals surface area contributed by atoms with Gasteiger partial charge in [0.15, 0.2) is 0 Å². The van der Waals surface area contributed by atoms with Crippen molar-refractivity contribution >= 4 is 65.9 Å². The Morgan fingerprint density at radius 3 is 1.42 bits per heavy atom. The molecule has 4 nitrogen and oxygen atoms in total. The molecular weight excluding hydrogens is 568 g/mol. The van der Waals surface area contributed by atoms with E-state index in [4.69, 9.17) is 9.47 Å². The van der Waals surface area contributed by atoms with Gasteiger partial charge < -0.3 is 9.47 Å². The van der Waals surface area contributed by atoms with E-state index in [0.29, 0.717) is 13.2 Å². The fraction of sp³-hybridized carbons (Fsp3) is 0.615. The molecule has 0 fully saturated rings. The smallest absolute Gasteiger partial charge is 0.339 e. The van der Waals surface area contributed by atoms with Crippen molar-refractivity contribution < 1.29 is 19.1 Å². The van der Waals surface area contributed by atoms with Gasteiger partial charge >= 0.3 is 11.9 Å². The van der Waals surface area contributed by atoms with Gasteiger partial charge in [0, 0.05) is 10.8 Å². The lowest BCUT2D eigenvalue weighted by atomic mass is 10.0. The summed E-state index contributed by atoms with van der Waals surface area (Å²) in [5.74, 6) is -0.933. The predicted molar refractivity (Wildman–Crippen MR) is 145 cm³/mol. The Hall–Kier alpha value is -0.920. The number of hydrogen-bond donors (Lipinski definition) is 0. The molecule has 7 heteroatoms. The maximum atomic E-state index is 12.9. The second-order valence-corrected chi connectivity index (χ2v) is 12.1. The number of thiophene rings is 1. The molecule has 0 N–H and O–H groups in total. The second kappa shape index (κ2) is 15.9. The average molecular weight is 604 g/mol. The summed E-state index contributed by atoms with van der Waals surface area (Å²) in [6.07, 6.45) is 13.4. The normalized spacial score (nSPS) is 11.2. The van der Waals surface area contributed by atoms with E-state index in [0.717, 1.165) is 56.9 Å². The molecule has 2 aromatic rings. The first kappa shape index (κ1) is 28.3. The van der Waals surface area contributed by atoms with Crippen LogP contribution in [0, 0.1) is 0 Å². The fourth-order valence-corrected chi connectivity index (χ4v) is 6.70. The standard InChI is InChI=1S/C26H36Br2O4S/c1-3-5-7-9-11-13-15-31-25(29)21-17-19-20(24(28)33-23(19)27)18-22(21)26(30)32-16-14-12-10-8-6-4-2/h17-18H,3-16H2,1-2H3. The van der Waals surface area contributed by atoms with Crippen LogP contribution in [0.15, 0.2) is 19.7 Å². The molecule has 0 amide bonds. The topological polar surface area (TPSA) is 52.6 Å². The number of halogens is 2. The third-order valence-corrected chi connectivity index (χ3v) is 8.29. The molecule has 1 aromatic heterocycles. The maximum absolute atomic E-state index is 12.9. The Morgan fingerprint density at radius 1 is 0.667 bits per heavy atom. The van der Waals surface area contributed by atoms with Gasteiger partial charge in [-0.05, 0) is 56.8 Å². The number of carbonyl (C=O) groups excluding carboxylic acids is 2. The van der Waals surface area contributed by atoms with Crippen LogP contribution in [0.1, 0.15) is 112 Å². The van der Waals surface area contributed by atoms with Crippen LogP contribution in [0.25, 0.3) is 10.8 Å². The molecule has 0 aliphatic carbocycles. The van der Waals surface area contributed by atoms with E-state index < -0.39 is 11.9 Å². The third kappa shape index (κ3) is 9.33. The van der Waals surface area contributed by atoms with E-state index >= 15 is 0 Å². The predicted octanol–water partition coefficient (Wildman–Crippen LogP) is 9.46. The summed E-state index contributed by atoms with van der Waals surface area (Å²) >= 11 is 8.62. The highest BCUT2D eigenvalue weighted by molar-refractivity contribution is 9.12. The van der Waals surface area contributed by atoms with Crippen LogP contribution >= 0.6 is 43.2 Å². The lowest BCUT2D eigenvalue weighted by Crippen LogP contribution is -2.15. The van der Waals surface area contributed by atoms with E-state index in [1.165, 1.54) is 49.9 Å². The third-order valence-electron chi connectivity index (χ3n) is 5.66. The van der Waals surface area contributed by atoms with Crippen LogP contribution in [-0.4, -0.2) is 25.2 Å². The zero-order valence-corrected chi connectivity index (χ0v) is 23.8. The van der Waals surface area contributed by atoms with Gasteiger partial charge in [0.1, 0.15) is 0 Å². The molecule has 0 aliphatic rings. The first-order valence-electron chi connectivity index (χ1n) is 12.2. The van der Waals surface area contributed by atoms with Gasteiger partial charge in [-0.3, -0.25) is 0 Å². The van der Waals surface area contributed by atoms with Crippen molar-refractivity contribution in [3.63, 3.8) is 0 Å². The molecule has 0 atom stereocenters. The highest BCUT2D eigenvalue weighted by Gasteiger charge is 2.23. The first-order chi connectivity index (χ1) is 16.0. The minimum atomic E-state index is -0.466. The van der Waals surface area contributed by atoms with E-state index in [9.17, 15) is 9.59 Å². The van der Waals surface area contributed by atoms with E-state index in [2.05, 4.69) is 45.7 Å². The van der Waals surface area contributed by atoms with E-state index in [1.807, 2.05) is 0 Å². The largest absolute Gasteiger partial charge is 0.462 e. The lowest BCUT2D eigenvalue weighted by molar-refractivity contribution is 0.0450. The van der Waals surface area contributed by atoms with E-state index in [1.54, 1.807) is 12.1 Å². The number of unbranched alkanes of at least 4 members (excludes halogenated alkanes) is 10. The Labute approximate surface area is 219 Å². The van der Waals surface area contributed by atoms with Crippen LogP contribution in [0.3, 0.4) is 0 Å². The Bertz CT molecular complexity index is 824. The van der Waals surface area contributed by atoms with Crippen molar-refractivity contribution in [3.05, 3.63) is 30.8 Å². The molecule has 33 heavy (non-hydrogen) atoms.